The molecule has 0 aromatic rings. The topological polar surface area (TPSA) is 75.2 Å². The quantitative estimate of drug-likeness (QED) is 0.530. The predicted molar refractivity (Wildman–Crippen MR) is 96.2 cm³/mol. The maximum absolute atomic E-state index is 11.8. The second kappa shape index (κ2) is 9.84. The van der Waals surface area contributed by atoms with Gasteiger partial charge in [-0.15, -0.1) is 0 Å². The lowest BCUT2D eigenvalue weighted by Gasteiger charge is -2.30. The van der Waals surface area contributed by atoms with Crippen molar-refractivity contribution in [3.05, 3.63) is 0 Å². The van der Waals surface area contributed by atoms with Gasteiger partial charge in [-0.2, -0.15) is 0 Å². The SMILES string of the molecule is COC(CNC(=NCC(=O)N(C)C)NCC1CCCO1)C(C)(C)C. The molecule has 1 amide bonds. The third kappa shape index (κ3) is 7.49. The third-order valence-electron chi connectivity index (χ3n) is 4.10. The largest absolute Gasteiger partial charge is 0.379 e. The second-order valence-corrected chi connectivity index (χ2v) is 7.44. The molecular weight excluding hydrogens is 308 g/mol. The molecule has 1 aliphatic rings. The normalized spacial score (nSPS) is 19.9. The average molecular weight is 342 g/mol. The van der Waals surface area contributed by atoms with Crippen molar-refractivity contribution >= 4 is 11.9 Å². The Labute approximate surface area is 146 Å². The minimum atomic E-state index is -0.0349. The number of rotatable bonds is 7. The van der Waals surface area contributed by atoms with Crippen LogP contribution in [0.15, 0.2) is 4.99 Å². The van der Waals surface area contributed by atoms with E-state index in [9.17, 15) is 4.79 Å². The summed E-state index contributed by atoms with van der Waals surface area (Å²) in [6, 6.07) is 0. The monoisotopic (exact) mass is 342 g/mol. The van der Waals surface area contributed by atoms with Crippen LogP contribution in [-0.4, -0.2) is 76.4 Å². The Morgan fingerprint density at radius 1 is 1.38 bits per heavy atom. The molecule has 1 fully saturated rings. The number of carbonyl (C=O) groups excluding carboxylic acids is 1. The number of nitrogens with one attached hydrogen (secondary N) is 2. The predicted octanol–water partition coefficient (Wildman–Crippen LogP) is 0.850. The molecule has 0 aromatic heterocycles. The van der Waals surface area contributed by atoms with E-state index in [4.69, 9.17) is 9.47 Å². The first-order chi connectivity index (χ1) is 11.2. The first kappa shape index (κ1) is 20.7. The zero-order chi connectivity index (χ0) is 18.2. The van der Waals surface area contributed by atoms with Crippen LogP contribution < -0.4 is 10.6 Å². The van der Waals surface area contributed by atoms with Crippen molar-refractivity contribution in [1.29, 1.82) is 0 Å². The zero-order valence-electron chi connectivity index (χ0n) is 16.0. The maximum Gasteiger partial charge on any atom is 0.243 e. The number of hydrogen-bond acceptors (Lipinski definition) is 4. The van der Waals surface area contributed by atoms with Crippen molar-refractivity contribution in [3.8, 4) is 0 Å². The summed E-state index contributed by atoms with van der Waals surface area (Å²) in [6.07, 6.45) is 2.40. The lowest BCUT2D eigenvalue weighted by atomic mass is 9.89. The molecule has 1 saturated heterocycles. The van der Waals surface area contributed by atoms with Crippen LogP contribution in [0, 0.1) is 5.41 Å². The van der Waals surface area contributed by atoms with E-state index in [2.05, 4.69) is 36.4 Å². The van der Waals surface area contributed by atoms with Crippen LogP contribution >= 0.6 is 0 Å². The Morgan fingerprint density at radius 2 is 2.08 bits per heavy atom. The number of carbonyl (C=O) groups is 1. The standard InChI is InChI=1S/C17H34N4O3/c1-17(2,3)14(23-6)11-19-16(20-12-15(22)21(4)5)18-10-13-8-7-9-24-13/h13-14H,7-12H2,1-6H3,(H2,18,19,20). The average Bonchev–Trinajstić information content (AvgIpc) is 3.01. The van der Waals surface area contributed by atoms with Crippen molar-refractivity contribution in [1.82, 2.24) is 15.5 Å². The van der Waals surface area contributed by atoms with Crippen molar-refractivity contribution in [2.45, 2.75) is 45.8 Å². The Balaban J connectivity index is 2.61. The molecule has 0 spiro atoms. The Kier molecular flexibility index (Phi) is 8.48. The Morgan fingerprint density at radius 3 is 2.58 bits per heavy atom. The molecule has 0 aliphatic carbocycles. The lowest BCUT2D eigenvalue weighted by molar-refractivity contribution is -0.127. The summed E-state index contributed by atoms with van der Waals surface area (Å²) in [7, 11) is 5.17. The van der Waals surface area contributed by atoms with Gasteiger partial charge in [0.15, 0.2) is 5.96 Å². The number of likely N-dealkylation sites (N-methyl/N-ethyl adjacent to an activating group) is 1. The van der Waals surface area contributed by atoms with Gasteiger partial charge in [-0.3, -0.25) is 4.79 Å². The first-order valence-electron chi connectivity index (χ1n) is 8.60. The van der Waals surface area contributed by atoms with Crippen LogP contribution in [0.5, 0.6) is 0 Å². The third-order valence-corrected chi connectivity index (χ3v) is 4.10. The van der Waals surface area contributed by atoms with E-state index in [0.717, 1.165) is 19.4 Å². The zero-order valence-corrected chi connectivity index (χ0v) is 16.0. The van der Waals surface area contributed by atoms with E-state index in [-0.39, 0.29) is 30.1 Å². The number of guanidine groups is 1. The fourth-order valence-corrected chi connectivity index (χ4v) is 2.41. The highest BCUT2D eigenvalue weighted by molar-refractivity contribution is 5.84. The smallest absolute Gasteiger partial charge is 0.243 e. The molecule has 24 heavy (non-hydrogen) atoms. The first-order valence-corrected chi connectivity index (χ1v) is 8.60. The van der Waals surface area contributed by atoms with Crippen LogP contribution in [0.4, 0.5) is 0 Å². The Bertz CT molecular complexity index is 413. The van der Waals surface area contributed by atoms with Gasteiger partial charge in [0.25, 0.3) is 0 Å². The molecule has 1 aliphatic heterocycles. The Hall–Kier alpha value is -1.34. The summed E-state index contributed by atoms with van der Waals surface area (Å²) in [4.78, 5) is 17.7. The van der Waals surface area contributed by atoms with Crippen molar-refractivity contribution in [3.63, 3.8) is 0 Å². The van der Waals surface area contributed by atoms with E-state index in [1.807, 2.05) is 0 Å². The van der Waals surface area contributed by atoms with Gasteiger partial charge < -0.3 is 25.0 Å². The van der Waals surface area contributed by atoms with E-state index >= 15 is 0 Å². The minimum Gasteiger partial charge on any atom is -0.379 e. The molecule has 0 bridgehead atoms. The maximum atomic E-state index is 11.8. The highest BCUT2D eigenvalue weighted by Crippen LogP contribution is 2.20. The van der Waals surface area contributed by atoms with E-state index in [0.29, 0.717) is 19.0 Å². The van der Waals surface area contributed by atoms with Crippen LogP contribution in [-0.2, 0) is 14.3 Å². The lowest BCUT2D eigenvalue weighted by Crippen LogP contribution is -2.47. The highest BCUT2D eigenvalue weighted by Gasteiger charge is 2.24. The molecular formula is C17H34N4O3. The van der Waals surface area contributed by atoms with Gasteiger partial charge in [0.05, 0.1) is 12.2 Å². The fourth-order valence-electron chi connectivity index (χ4n) is 2.41. The van der Waals surface area contributed by atoms with E-state index < -0.39 is 0 Å². The van der Waals surface area contributed by atoms with Crippen LogP contribution in [0.25, 0.3) is 0 Å². The van der Waals surface area contributed by atoms with Crippen LogP contribution in [0.1, 0.15) is 33.6 Å². The fraction of sp³-hybridized carbons (Fsp3) is 0.882. The summed E-state index contributed by atoms with van der Waals surface area (Å²) >= 11 is 0. The summed E-state index contributed by atoms with van der Waals surface area (Å²) in [5.41, 5.74) is 0.0148. The minimum absolute atomic E-state index is 0.0148. The van der Waals surface area contributed by atoms with Gasteiger partial charge in [-0.1, -0.05) is 20.8 Å². The van der Waals surface area contributed by atoms with Gasteiger partial charge in [-0.05, 0) is 18.3 Å². The summed E-state index contributed by atoms with van der Waals surface area (Å²) < 4.78 is 11.2. The van der Waals surface area contributed by atoms with Gasteiger partial charge in [0, 0.05) is 40.9 Å². The number of ether oxygens (including phenoxy) is 2. The molecule has 2 unspecified atom stereocenters. The number of aliphatic imine (C=N–C) groups is 1. The van der Waals surface area contributed by atoms with Gasteiger partial charge in [0.1, 0.15) is 6.54 Å². The molecule has 7 nitrogen and oxygen atoms in total. The van der Waals surface area contributed by atoms with Gasteiger partial charge >= 0.3 is 0 Å². The van der Waals surface area contributed by atoms with Crippen molar-refractivity contribution in [2.75, 3.05) is 47.4 Å². The van der Waals surface area contributed by atoms with Gasteiger partial charge in [0.2, 0.25) is 5.91 Å². The van der Waals surface area contributed by atoms with Crippen LogP contribution in [0.2, 0.25) is 0 Å². The molecule has 1 heterocycles. The molecule has 1 rings (SSSR count). The molecule has 0 radical (unpaired) electrons. The number of nitrogens with zero attached hydrogens (tertiary/aromatic N) is 2. The molecule has 2 N–H and O–H groups in total. The van der Waals surface area contributed by atoms with E-state index in [1.165, 1.54) is 4.90 Å². The van der Waals surface area contributed by atoms with Crippen molar-refractivity contribution in [2.24, 2.45) is 10.4 Å². The summed E-state index contributed by atoms with van der Waals surface area (Å²) in [5, 5.41) is 6.56. The second-order valence-electron chi connectivity index (χ2n) is 7.44. The van der Waals surface area contributed by atoms with Gasteiger partial charge in [-0.25, -0.2) is 4.99 Å². The number of methoxy groups -OCH3 is 1. The summed E-state index contributed by atoms with van der Waals surface area (Å²) in [5.74, 6) is 0.583. The number of hydrogen-bond donors (Lipinski definition) is 2. The molecule has 7 heteroatoms. The number of amides is 1. The molecule has 140 valence electrons. The summed E-state index contributed by atoms with van der Waals surface area (Å²) in [6.45, 7) is 8.64. The molecule has 0 aromatic carbocycles. The molecule has 0 saturated carbocycles. The van der Waals surface area contributed by atoms with E-state index in [1.54, 1.807) is 21.2 Å². The van der Waals surface area contributed by atoms with Crippen LogP contribution in [0.3, 0.4) is 0 Å². The molecule has 2 atom stereocenters. The highest BCUT2D eigenvalue weighted by atomic mass is 16.5. The van der Waals surface area contributed by atoms with Crippen molar-refractivity contribution < 1.29 is 14.3 Å².